The Hall–Kier alpha value is -1.88. The number of benzene rings is 1. The molecule has 3 rings (SSSR count). The number of aryl methyl sites for hydroxylation is 1. The van der Waals surface area contributed by atoms with Crippen molar-refractivity contribution < 1.29 is 9.15 Å². The van der Waals surface area contributed by atoms with Crippen molar-refractivity contribution in [3.8, 4) is 5.75 Å². The molecule has 0 fully saturated rings. The second-order valence-corrected chi connectivity index (χ2v) is 5.66. The molecule has 1 aromatic carbocycles. The Labute approximate surface area is 124 Å². The van der Waals surface area contributed by atoms with E-state index in [9.17, 15) is 0 Å². The summed E-state index contributed by atoms with van der Waals surface area (Å²) in [4.78, 5) is 0. The van der Waals surface area contributed by atoms with Gasteiger partial charge in [0.25, 0.3) is 5.89 Å². The van der Waals surface area contributed by atoms with Crippen LogP contribution in [-0.4, -0.2) is 22.8 Å². The molecule has 1 N–H and O–H groups in total. The highest BCUT2D eigenvalue weighted by atomic mass is 16.5. The van der Waals surface area contributed by atoms with E-state index in [1.807, 2.05) is 18.2 Å². The van der Waals surface area contributed by atoms with Crippen molar-refractivity contribution in [3.63, 3.8) is 0 Å². The normalized spacial score (nSPS) is 17.0. The minimum absolute atomic E-state index is 0.141. The van der Waals surface area contributed by atoms with Gasteiger partial charge in [-0.05, 0) is 24.6 Å². The minimum atomic E-state index is -0.141. The highest BCUT2D eigenvalue weighted by Crippen LogP contribution is 2.35. The molecule has 112 valence electrons. The average Bonchev–Trinajstić information content (AvgIpc) is 3.09. The predicted octanol–water partition coefficient (Wildman–Crippen LogP) is 2.68. The molecule has 1 aliphatic heterocycles. The number of aromatic nitrogens is 2. The molecule has 2 heterocycles. The van der Waals surface area contributed by atoms with Crippen LogP contribution in [0.25, 0.3) is 0 Å². The molecule has 5 heteroatoms. The lowest BCUT2D eigenvalue weighted by atomic mass is 10.1. The number of nitrogens with one attached hydrogen (secondary N) is 1. The van der Waals surface area contributed by atoms with E-state index >= 15 is 0 Å². The van der Waals surface area contributed by atoms with Crippen molar-refractivity contribution in [2.24, 2.45) is 0 Å². The zero-order valence-corrected chi connectivity index (χ0v) is 12.5. The second kappa shape index (κ2) is 6.26. The molecule has 0 amide bonds. The molecule has 1 aromatic heterocycles. The van der Waals surface area contributed by atoms with Crippen molar-refractivity contribution in [1.82, 2.24) is 15.5 Å². The average molecular weight is 287 g/mol. The lowest BCUT2D eigenvalue weighted by molar-refractivity contribution is 0.194. The molecule has 0 aliphatic carbocycles. The van der Waals surface area contributed by atoms with Gasteiger partial charge in [0.1, 0.15) is 5.75 Å². The molecular weight excluding hydrogens is 266 g/mol. The van der Waals surface area contributed by atoms with Crippen LogP contribution in [0.2, 0.25) is 0 Å². The summed E-state index contributed by atoms with van der Waals surface area (Å²) in [6.07, 6.45) is 2.45. The maximum Gasteiger partial charge on any atom is 0.257 e. The molecular formula is C16H21N3O2. The molecule has 2 aromatic rings. The monoisotopic (exact) mass is 287 g/mol. The standard InChI is InChI=1S/C16H21N3O2/c1-11(2)17-9-5-8-15-18-19-16(21-15)14-10-12-6-3-4-7-13(12)20-14/h3-4,6-7,11,14,17H,5,8-10H2,1-2H3. The zero-order chi connectivity index (χ0) is 14.7. The van der Waals surface area contributed by atoms with E-state index in [2.05, 4.69) is 35.4 Å². The number of para-hydroxylation sites is 1. The number of hydrogen-bond acceptors (Lipinski definition) is 5. The summed E-state index contributed by atoms with van der Waals surface area (Å²) in [5.74, 6) is 2.19. The van der Waals surface area contributed by atoms with Crippen molar-refractivity contribution in [2.45, 2.75) is 45.3 Å². The van der Waals surface area contributed by atoms with Gasteiger partial charge in [-0.2, -0.15) is 0 Å². The van der Waals surface area contributed by atoms with Crippen LogP contribution in [0.1, 0.15) is 43.7 Å². The minimum Gasteiger partial charge on any atom is -0.480 e. The van der Waals surface area contributed by atoms with E-state index in [1.165, 1.54) is 5.56 Å². The van der Waals surface area contributed by atoms with Gasteiger partial charge in [0.15, 0.2) is 6.10 Å². The Kier molecular flexibility index (Phi) is 4.20. The highest BCUT2D eigenvalue weighted by Gasteiger charge is 2.28. The Morgan fingerprint density at radius 1 is 1.29 bits per heavy atom. The largest absolute Gasteiger partial charge is 0.480 e. The van der Waals surface area contributed by atoms with E-state index in [0.717, 1.165) is 31.6 Å². The summed E-state index contributed by atoms with van der Waals surface area (Å²) in [6.45, 7) is 5.24. The lowest BCUT2D eigenvalue weighted by Gasteiger charge is -2.06. The third-order valence-electron chi connectivity index (χ3n) is 3.53. The van der Waals surface area contributed by atoms with Gasteiger partial charge in [0, 0.05) is 18.9 Å². The third-order valence-corrected chi connectivity index (χ3v) is 3.53. The topological polar surface area (TPSA) is 60.2 Å². The molecule has 0 saturated heterocycles. The first-order chi connectivity index (χ1) is 10.2. The highest BCUT2D eigenvalue weighted by molar-refractivity contribution is 5.37. The fraction of sp³-hybridized carbons (Fsp3) is 0.500. The predicted molar refractivity (Wildman–Crippen MR) is 79.3 cm³/mol. The van der Waals surface area contributed by atoms with Crippen LogP contribution in [0.5, 0.6) is 5.75 Å². The van der Waals surface area contributed by atoms with Crippen molar-refractivity contribution in [3.05, 3.63) is 41.6 Å². The van der Waals surface area contributed by atoms with E-state index in [0.29, 0.717) is 17.8 Å². The van der Waals surface area contributed by atoms with Crippen molar-refractivity contribution >= 4 is 0 Å². The number of nitrogens with zero attached hydrogens (tertiary/aromatic N) is 2. The van der Waals surface area contributed by atoms with E-state index in [-0.39, 0.29) is 6.10 Å². The second-order valence-electron chi connectivity index (χ2n) is 5.66. The number of rotatable bonds is 6. The molecule has 0 bridgehead atoms. The number of ether oxygens (including phenoxy) is 1. The van der Waals surface area contributed by atoms with Crippen LogP contribution in [0.4, 0.5) is 0 Å². The number of hydrogen-bond donors (Lipinski definition) is 1. The van der Waals surface area contributed by atoms with Gasteiger partial charge in [0.2, 0.25) is 5.89 Å². The molecule has 1 atom stereocenters. The van der Waals surface area contributed by atoms with Gasteiger partial charge in [0.05, 0.1) is 0 Å². The molecule has 0 saturated carbocycles. The summed E-state index contributed by atoms with van der Waals surface area (Å²) in [6, 6.07) is 8.55. The third kappa shape index (κ3) is 3.42. The molecule has 1 aliphatic rings. The van der Waals surface area contributed by atoms with E-state index in [4.69, 9.17) is 9.15 Å². The van der Waals surface area contributed by atoms with Crippen LogP contribution in [-0.2, 0) is 12.8 Å². The summed E-state index contributed by atoms with van der Waals surface area (Å²) in [7, 11) is 0. The van der Waals surface area contributed by atoms with Crippen molar-refractivity contribution in [2.75, 3.05) is 6.54 Å². The Morgan fingerprint density at radius 3 is 2.95 bits per heavy atom. The fourth-order valence-electron chi connectivity index (χ4n) is 2.45. The Bertz CT molecular complexity index is 570. The lowest BCUT2D eigenvalue weighted by Crippen LogP contribution is -2.23. The van der Waals surface area contributed by atoms with E-state index < -0.39 is 0 Å². The van der Waals surface area contributed by atoms with Gasteiger partial charge in [-0.1, -0.05) is 32.0 Å². The molecule has 5 nitrogen and oxygen atoms in total. The van der Waals surface area contributed by atoms with Crippen LogP contribution < -0.4 is 10.1 Å². The molecule has 21 heavy (non-hydrogen) atoms. The summed E-state index contributed by atoms with van der Waals surface area (Å²) < 4.78 is 11.6. The molecule has 0 spiro atoms. The van der Waals surface area contributed by atoms with Crippen molar-refractivity contribution in [1.29, 1.82) is 0 Å². The quantitative estimate of drug-likeness (QED) is 0.828. The first kappa shape index (κ1) is 14.1. The fourth-order valence-corrected chi connectivity index (χ4v) is 2.45. The van der Waals surface area contributed by atoms with Gasteiger partial charge in [-0.25, -0.2) is 0 Å². The summed E-state index contributed by atoms with van der Waals surface area (Å²) in [5.41, 5.74) is 1.20. The SMILES string of the molecule is CC(C)NCCCc1nnc(C2Cc3ccccc3O2)o1. The zero-order valence-electron chi connectivity index (χ0n) is 12.5. The number of fused-ring (bicyclic) bond motifs is 1. The summed E-state index contributed by atoms with van der Waals surface area (Å²) >= 11 is 0. The maximum atomic E-state index is 5.85. The first-order valence-electron chi connectivity index (χ1n) is 7.52. The van der Waals surface area contributed by atoms with Crippen LogP contribution >= 0.6 is 0 Å². The van der Waals surface area contributed by atoms with E-state index in [1.54, 1.807) is 0 Å². The Morgan fingerprint density at radius 2 is 2.14 bits per heavy atom. The molecule has 0 radical (unpaired) electrons. The first-order valence-corrected chi connectivity index (χ1v) is 7.52. The van der Waals surface area contributed by atoms with Gasteiger partial charge in [-0.15, -0.1) is 10.2 Å². The van der Waals surface area contributed by atoms with Crippen LogP contribution in [0.3, 0.4) is 0 Å². The van der Waals surface area contributed by atoms with Crippen LogP contribution in [0, 0.1) is 0 Å². The summed E-state index contributed by atoms with van der Waals surface area (Å²) in [5, 5.41) is 11.6. The molecule has 1 unspecified atom stereocenters. The Balaban J connectivity index is 1.54. The van der Waals surface area contributed by atoms with Crippen LogP contribution in [0.15, 0.2) is 28.7 Å². The van der Waals surface area contributed by atoms with Gasteiger partial charge in [-0.3, -0.25) is 0 Å². The van der Waals surface area contributed by atoms with Gasteiger partial charge < -0.3 is 14.5 Å². The maximum absolute atomic E-state index is 5.85. The van der Waals surface area contributed by atoms with Gasteiger partial charge >= 0.3 is 0 Å². The smallest absolute Gasteiger partial charge is 0.257 e.